The van der Waals surface area contributed by atoms with Crippen LogP contribution in [-0.2, 0) is 6.42 Å². The Balaban J connectivity index is 3.04. The molecule has 0 aliphatic rings. The zero-order valence-electron chi connectivity index (χ0n) is 12.5. The van der Waals surface area contributed by atoms with Gasteiger partial charge >= 0.3 is 0 Å². The number of nitrogens with one attached hydrogen (secondary N) is 1. The fourth-order valence-corrected chi connectivity index (χ4v) is 2.15. The van der Waals surface area contributed by atoms with Crippen LogP contribution in [0.25, 0.3) is 0 Å². The van der Waals surface area contributed by atoms with Gasteiger partial charge in [-0.15, -0.1) is 0 Å². The molecule has 0 amide bonds. The zero-order valence-corrected chi connectivity index (χ0v) is 12.5. The second-order valence-corrected chi connectivity index (χ2v) is 5.24. The van der Waals surface area contributed by atoms with Crippen molar-refractivity contribution in [2.24, 2.45) is 5.92 Å². The lowest BCUT2D eigenvalue weighted by Gasteiger charge is -2.15. The average molecular weight is 249 g/mol. The van der Waals surface area contributed by atoms with Crippen LogP contribution in [0.4, 0.5) is 5.82 Å². The molecule has 1 aromatic heterocycles. The molecule has 0 unspecified atom stereocenters. The fourth-order valence-electron chi connectivity index (χ4n) is 2.15. The van der Waals surface area contributed by atoms with Crippen molar-refractivity contribution in [1.82, 2.24) is 9.97 Å². The number of hydrogen-bond donors (Lipinski definition) is 1. The molecule has 1 rings (SSSR count). The number of rotatable bonds is 7. The Hall–Kier alpha value is -1.12. The van der Waals surface area contributed by atoms with Crippen LogP contribution in [-0.4, -0.2) is 16.5 Å². The lowest BCUT2D eigenvalue weighted by Crippen LogP contribution is -2.10. The smallest absolute Gasteiger partial charge is 0.134 e. The summed E-state index contributed by atoms with van der Waals surface area (Å²) in [6.07, 6.45) is 3.23. The van der Waals surface area contributed by atoms with Gasteiger partial charge in [-0.3, -0.25) is 0 Å². The first-order chi connectivity index (χ1) is 8.60. The van der Waals surface area contributed by atoms with E-state index in [2.05, 4.69) is 51.0 Å². The van der Waals surface area contributed by atoms with Crippen molar-refractivity contribution >= 4 is 5.82 Å². The average Bonchev–Trinajstić information content (AvgIpc) is 2.30. The summed E-state index contributed by atoms with van der Waals surface area (Å²) in [6, 6.07) is 2.09. The summed E-state index contributed by atoms with van der Waals surface area (Å²) in [7, 11) is 0. The van der Waals surface area contributed by atoms with E-state index in [0.717, 1.165) is 43.1 Å². The minimum absolute atomic E-state index is 0.481. The molecule has 0 aliphatic heterocycles. The highest BCUT2D eigenvalue weighted by Gasteiger charge is 2.13. The van der Waals surface area contributed by atoms with Crippen molar-refractivity contribution in [1.29, 1.82) is 0 Å². The first-order valence-corrected chi connectivity index (χ1v) is 7.22. The van der Waals surface area contributed by atoms with E-state index < -0.39 is 0 Å². The van der Waals surface area contributed by atoms with Crippen molar-refractivity contribution in [3.8, 4) is 0 Å². The third-order valence-electron chi connectivity index (χ3n) is 3.12. The van der Waals surface area contributed by atoms with E-state index in [4.69, 9.17) is 4.98 Å². The lowest BCUT2D eigenvalue weighted by molar-refractivity contribution is 0.584. The quantitative estimate of drug-likeness (QED) is 0.793. The van der Waals surface area contributed by atoms with Crippen molar-refractivity contribution in [3.63, 3.8) is 0 Å². The van der Waals surface area contributed by atoms with Crippen LogP contribution < -0.4 is 5.32 Å². The van der Waals surface area contributed by atoms with Gasteiger partial charge in [-0.2, -0.15) is 0 Å². The Morgan fingerprint density at radius 3 is 2.28 bits per heavy atom. The first kappa shape index (κ1) is 14.9. The van der Waals surface area contributed by atoms with E-state index in [-0.39, 0.29) is 0 Å². The highest BCUT2D eigenvalue weighted by atomic mass is 15.0. The minimum Gasteiger partial charge on any atom is -0.370 e. The van der Waals surface area contributed by atoms with Crippen LogP contribution >= 0.6 is 0 Å². The third-order valence-corrected chi connectivity index (χ3v) is 3.12. The molecule has 18 heavy (non-hydrogen) atoms. The van der Waals surface area contributed by atoms with Gasteiger partial charge in [-0.25, -0.2) is 9.97 Å². The summed E-state index contributed by atoms with van der Waals surface area (Å²) in [6.45, 7) is 11.9. The minimum atomic E-state index is 0.481. The molecule has 0 radical (unpaired) electrons. The summed E-state index contributed by atoms with van der Waals surface area (Å²) in [5, 5.41) is 3.31. The van der Waals surface area contributed by atoms with E-state index >= 15 is 0 Å². The second kappa shape index (κ2) is 7.34. The van der Waals surface area contributed by atoms with Crippen molar-refractivity contribution in [2.75, 3.05) is 11.9 Å². The normalized spacial score (nSPS) is 11.3. The predicted octanol–water partition coefficient (Wildman–Crippen LogP) is 4.01. The molecule has 0 aliphatic carbocycles. The van der Waals surface area contributed by atoms with Crippen LogP contribution in [0.2, 0.25) is 0 Å². The molecular weight excluding hydrogens is 222 g/mol. The molecule has 1 heterocycles. The number of aromatic nitrogens is 2. The van der Waals surface area contributed by atoms with E-state index in [9.17, 15) is 0 Å². The van der Waals surface area contributed by atoms with E-state index in [0.29, 0.717) is 11.8 Å². The molecular formula is C15H27N3. The van der Waals surface area contributed by atoms with Gasteiger partial charge in [-0.05, 0) is 32.1 Å². The van der Waals surface area contributed by atoms with Crippen LogP contribution in [0, 0.1) is 5.92 Å². The molecule has 0 bridgehead atoms. The van der Waals surface area contributed by atoms with Gasteiger partial charge in [0.05, 0.1) is 0 Å². The number of nitrogens with zero attached hydrogens (tertiary/aromatic N) is 2. The van der Waals surface area contributed by atoms with Gasteiger partial charge in [0.1, 0.15) is 11.6 Å². The molecule has 3 heteroatoms. The summed E-state index contributed by atoms with van der Waals surface area (Å²) < 4.78 is 0. The van der Waals surface area contributed by atoms with Crippen molar-refractivity contribution in [3.05, 3.63) is 17.6 Å². The second-order valence-electron chi connectivity index (χ2n) is 5.24. The van der Waals surface area contributed by atoms with Gasteiger partial charge < -0.3 is 5.32 Å². The van der Waals surface area contributed by atoms with Gasteiger partial charge in [0.15, 0.2) is 0 Å². The monoisotopic (exact) mass is 249 g/mol. The molecule has 0 fully saturated rings. The lowest BCUT2D eigenvalue weighted by atomic mass is 10.0. The Kier molecular flexibility index (Phi) is 6.10. The van der Waals surface area contributed by atoms with Crippen molar-refractivity contribution in [2.45, 2.75) is 59.8 Å². The molecule has 102 valence electrons. The molecule has 0 saturated carbocycles. The molecule has 3 nitrogen and oxygen atoms in total. The van der Waals surface area contributed by atoms with Crippen LogP contribution in [0.15, 0.2) is 6.07 Å². The Bertz CT molecular complexity index is 357. The highest BCUT2D eigenvalue weighted by molar-refractivity contribution is 5.36. The van der Waals surface area contributed by atoms with E-state index in [1.807, 2.05) is 0 Å². The van der Waals surface area contributed by atoms with Gasteiger partial charge in [-0.1, -0.05) is 27.7 Å². The maximum atomic E-state index is 4.75. The topological polar surface area (TPSA) is 37.8 Å². The number of anilines is 1. The van der Waals surface area contributed by atoms with Crippen LogP contribution in [0.5, 0.6) is 0 Å². The number of hydrogen-bond acceptors (Lipinski definition) is 3. The van der Waals surface area contributed by atoms with Crippen LogP contribution in [0.1, 0.15) is 64.9 Å². The maximum absolute atomic E-state index is 4.75. The Labute approximate surface area is 111 Å². The Morgan fingerprint density at radius 2 is 1.78 bits per heavy atom. The van der Waals surface area contributed by atoms with E-state index in [1.54, 1.807) is 0 Å². The summed E-state index contributed by atoms with van der Waals surface area (Å²) in [5.74, 6) is 3.09. The zero-order chi connectivity index (χ0) is 13.5. The maximum Gasteiger partial charge on any atom is 0.134 e. The van der Waals surface area contributed by atoms with Crippen molar-refractivity contribution < 1.29 is 0 Å². The summed E-state index contributed by atoms with van der Waals surface area (Å²) in [5.41, 5.74) is 1.16. The summed E-state index contributed by atoms with van der Waals surface area (Å²) >= 11 is 0. The standard InChI is InChI=1S/C15H27N3/c1-6-12(7-2)15-17-13(9-11(4)5)10-14(18-15)16-8-3/h10-12H,6-9H2,1-5H3,(H,16,17,18). The molecule has 0 atom stereocenters. The summed E-state index contributed by atoms with van der Waals surface area (Å²) in [4.78, 5) is 9.40. The molecule has 0 aromatic carbocycles. The third kappa shape index (κ3) is 4.28. The van der Waals surface area contributed by atoms with Gasteiger partial charge in [0.2, 0.25) is 0 Å². The highest BCUT2D eigenvalue weighted by Crippen LogP contribution is 2.22. The largest absolute Gasteiger partial charge is 0.370 e. The molecule has 0 spiro atoms. The fraction of sp³-hybridized carbons (Fsp3) is 0.733. The SMILES string of the molecule is CCNc1cc(CC(C)C)nc(C(CC)CC)n1. The van der Waals surface area contributed by atoms with Gasteiger partial charge in [0.25, 0.3) is 0 Å². The first-order valence-electron chi connectivity index (χ1n) is 7.22. The van der Waals surface area contributed by atoms with Gasteiger partial charge in [0, 0.05) is 24.2 Å². The molecule has 1 aromatic rings. The Morgan fingerprint density at radius 1 is 1.11 bits per heavy atom. The van der Waals surface area contributed by atoms with Crippen LogP contribution in [0.3, 0.4) is 0 Å². The van der Waals surface area contributed by atoms with E-state index in [1.165, 1.54) is 0 Å². The molecule has 0 saturated heterocycles. The molecule has 1 N–H and O–H groups in total. The predicted molar refractivity (Wildman–Crippen MR) is 78.1 cm³/mol.